The van der Waals surface area contributed by atoms with E-state index in [4.69, 9.17) is 10.5 Å². The van der Waals surface area contributed by atoms with E-state index < -0.39 is 17.8 Å². The summed E-state index contributed by atoms with van der Waals surface area (Å²) in [5.74, 6) is -0.416. The maximum absolute atomic E-state index is 12.1. The van der Waals surface area contributed by atoms with Gasteiger partial charge in [-0.05, 0) is 24.6 Å². The summed E-state index contributed by atoms with van der Waals surface area (Å²) in [5.41, 5.74) is 2.53. The van der Waals surface area contributed by atoms with Crippen LogP contribution in [0.2, 0.25) is 0 Å². The normalized spacial score (nSPS) is 10.0. The van der Waals surface area contributed by atoms with Gasteiger partial charge >= 0.3 is 6.36 Å². The lowest BCUT2D eigenvalue weighted by Gasteiger charge is -2.11. The van der Waals surface area contributed by atoms with Gasteiger partial charge in [0.2, 0.25) is 5.71 Å². The molecule has 1 aromatic carbocycles. The van der Waals surface area contributed by atoms with Crippen LogP contribution in [0.3, 0.4) is 0 Å². The lowest BCUT2D eigenvalue weighted by atomic mass is 10.2. The molecule has 5 nitrogen and oxygen atoms in total. The Morgan fingerprint density at radius 2 is 1.89 bits per heavy atom. The molecule has 19 heavy (non-hydrogen) atoms. The third kappa shape index (κ3) is 4.96. The van der Waals surface area contributed by atoms with Gasteiger partial charge < -0.3 is 4.74 Å². The Labute approximate surface area is 106 Å². The average Bonchev–Trinajstić information content (AvgIpc) is 2.27. The number of aryl methyl sites for hydroxylation is 1. The number of ether oxygens (including phenoxy) is 1. The molecule has 0 radical (unpaired) electrons. The molecule has 98 valence electrons. The van der Waals surface area contributed by atoms with Gasteiger partial charge in [0, 0.05) is 6.07 Å². The lowest BCUT2D eigenvalue weighted by molar-refractivity contribution is -0.274. The molecular formula is C11H7F3N4O. The predicted octanol–water partition coefficient (Wildman–Crippen LogP) is 2.71. The molecule has 1 rings (SSSR count). The van der Waals surface area contributed by atoms with Crippen LogP contribution in [0.4, 0.5) is 18.9 Å². The minimum atomic E-state index is -4.79. The number of alkyl halides is 3. The summed E-state index contributed by atoms with van der Waals surface area (Å²) in [7, 11) is 0. The van der Waals surface area contributed by atoms with Gasteiger partial charge in [0.15, 0.2) is 0 Å². The zero-order chi connectivity index (χ0) is 14.5. The molecule has 0 unspecified atom stereocenters. The monoisotopic (exact) mass is 268 g/mol. The highest BCUT2D eigenvalue weighted by molar-refractivity contribution is 6.10. The second-order valence-electron chi connectivity index (χ2n) is 3.38. The Hall–Kier alpha value is -2.74. The van der Waals surface area contributed by atoms with Crippen molar-refractivity contribution in [3.63, 3.8) is 0 Å². The van der Waals surface area contributed by atoms with E-state index in [1.54, 1.807) is 6.92 Å². The quantitative estimate of drug-likeness (QED) is 0.675. The van der Waals surface area contributed by atoms with E-state index in [9.17, 15) is 13.2 Å². The number of halogens is 3. The van der Waals surface area contributed by atoms with E-state index in [2.05, 4.69) is 15.3 Å². The molecule has 0 heterocycles. The molecular weight excluding hydrogens is 261 g/mol. The topological polar surface area (TPSA) is 81.2 Å². The van der Waals surface area contributed by atoms with Gasteiger partial charge in [-0.1, -0.05) is 0 Å². The minimum Gasteiger partial charge on any atom is -0.406 e. The summed E-state index contributed by atoms with van der Waals surface area (Å²) in [6.07, 6.45) is -4.79. The summed E-state index contributed by atoms with van der Waals surface area (Å²) < 4.78 is 40.0. The Morgan fingerprint density at radius 3 is 2.42 bits per heavy atom. The number of anilines is 1. The first-order valence-electron chi connectivity index (χ1n) is 4.85. The molecule has 0 aliphatic carbocycles. The van der Waals surface area contributed by atoms with Crippen molar-refractivity contribution in [1.82, 2.24) is 0 Å². The van der Waals surface area contributed by atoms with E-state index in [1.165, 1.54) is 24.3 Å². The second kappa shape index (κ2) is 5.74. The molecule has 0 fully saturated rings. The van der Waals surface area contributed by atoms with Crippen molar-refractivity contribution in [2.75, 3.05) is 5.43 Å². The first kappa shape index (κ1) is 14.3. The lowest BCUT2D eigenvalue weighted by Crippen LogP contribution is -2.17. The summed E-state index contributed by atoms with van der Waals surface area (Å²) in [6.45, 7) is 1.56. The third-order valence-corrected chi connectivity index (χ3v) is 1.79. The van der Waals surface area contributed by atoms with Crippen molar-refractivity contribution in [2.45, 2.75) is 13.3 Å². The van der Waals surface area contributed by atoms with E-state index in [0.717, 1.165) is 6.07 Å². The largest absolute Gasteiger partial charge is 0.573 e. The van der Waals surface area contributed by atoms with Crippen LogP contribution in [-0.4, -0.2) is 12.1 Å². The highest BCUT2D eigenvalue weighted by Crippen LogP contribution is 2.26. The Bertz CT molecular complexity index is 565. The number of hydrogen-bond donors (Lipinski definition) is 1. The van der Waals surface area contributed by atoms with E-state index >= 15 is 0 Å². The van der Waals surface area contributed by atoms with Gasteiger partial charge in [0.1, 0.15) is 17.9 Å². The maximum atomic E-state index is 12.1. The SMILES string of the molecule is Cc1cc(NN=C(C#N)C#N)cc(OC(F)(F)F)c1. The van der Waals surface area contributed by atoms with E-state index in [1.807, 2.05) is 0 Å². The number of benzene rings is 1. The maximum Gasteiger partial charge on any atom is 0.573 e. The van der Waals surface area contributed by atoms with Gasteiger partial charge in [-0.3, -0.25) is 5.43 Å². The van der Waals surface area contributed by atoms with Crippen molar-refractivity contribution >= 4 is 11.4 Å². The summed E-state index contributed by atoms with van der Waals surface area (Å²) in [6, 6.07) is 6.74. The van der Waals surface area contributed by atoms with Gasteiger partial charge in [0.25, 0.3) is 0 Å². The smallest absolute Gasteiger partial charge is 0.406 e. The van der Waals surface area contributed by atoms with Crippen LogP contribution in [0.5, 0.6) is 5.75 Å². The van der Waals surface area contributed by atoms with Crippen LogP contribution < -0.4 is 10.2 Å². The number of rotatable bonds is 3. The van der Waals surface area contributed by atoms with Gasteiger partial charge in [-0.2, -0.15) is 15.6 Å². The molecule has 0 aliphatic rings. The molecule has 1 N–H and O–H groups in total. The second-order valence-corrected chi connectivity index (χ2v) is 3.38. The zero-order valence-corrected chi connectivity index (χ0v) is 9.62. The van der Waals surface area contributed by atoms with E-state index in [0.29, 0.717) is 5.56 Å². The predicted molar refractivity (Wildman–Crippen MR) is 60.1 cm³/mol. The van der Waals surface area contributed by atoms with Crippen LogP contribution in [-0.2, 0) is 0 Å². The Kier molecular flexibility index (Phi) is 4.32. The van der Waals surface area contributed by atoms with Gasteiger partial charge in [-0.15, -0.1) is 13.2 Å². The van der Waals surface area contributed by atoms with Gasteiger partial charge in [0.05, 0.1) is 5.69 Å². The Balaban J connectivity index is 2.96. The number of nitrogens with one attached hydrogen (secondary N) is 1. The molecule has 0 saturated carbocycles. The first-order valence-corrected chi connectivity index (χ1v) is 4.85. The average molecular weight is 268 g/mol. The molecule has 0 bridgehead atoms. The minimum absolute atomic E-state index is 0.169. The molecule has 0 amide bonds. The van der Waals surface area contributed by atoms with Crippen LogP contribution in [0, 0.1) is 29.6 Å². The highest BCUT2D eigenvalue weighted by Gasteiger charge is 2.31. The molecule has 8 heteroatoms. The fraction of sp³-hybridized carbons (Fsp3) is 0.182. The molecule has 0 aromatic heterocycles. The number of nitriles is 2. The summed E-state index contributed by atoms with van der Waals surface area (Å²) in [5, 5.41) is 20.3. The molecule has 0 spiro atoms. The van der Waals surface area contributed by atoms with Gasteiger partial charge in [-0.25, -0.2) is 0 Å². The van der Waals surface area contributed by atoms with Crippen LogP contribution in [0.1, 0.15) is 5.56 Å². The number of nitrogens with zero attached hydrogens (tertiary/aromatic N) is 3. The molecule has 0 atom stereocenters. The zero-order valence-electron chi connectivity index (χ0n) is 9.62. The Morgan fingerprint density at radius 1 is 1.26 bits per heavy atom. The highest BCUT2D eigenvalue weighted by atomic mass is 19.4. The fourth-order valence-electron chi connectivity index (χ4n) is 1.20. The standard InChI is InChI=1S/C11H7F3N4O/c1-7-2-8(17-18-9(5-15)6-16)4-10(3-7)19-11(12,13)14/h2-4,17H,1H3. The van der Waals surface area contributed by atoms with E-state index in [-0.39, 0.29) is 5.69 Å². The molecule has 1 aromatic rings. The van der Waals surface area contributed by atoms with Crippen molar-refractivity contribution in [1.29, 1.82) is 10.5 Å². The molecule has 0 saturated heterocycles. The van der Waals surface area contributed by atoms with Crippen molar-refractivity contribution in [3.05, 3.63) is 23.8 Å². The van der Waals surface area contributed by atoms with Crippen molar-refractivity contribution in [2.24, 2.45) is 5.10 Å². The van der Waals surface area contributed by atoms with Crippen LogP contribution >= 0.6 is 0 Å². The van der Waals surface area contributed by atoms with Crippen LogP contribution in [0.25, 0.3) is 0 Å². The first-order chi connectivity index (χ1) is 8.84. The third-order valence-electron chi connectivity index (χ3n) is 1.79. The fourth-order valence-corrected chi connectivity index (χ4v) is 1.20. The number of hydrazone groups is 1. The van der Waals surface area contributed by atoms with Crippen LogP contribution in [0.15, 0.2) is 23.3 Å². The summed E-state index contributed by atoms with van der Waals surface area (Å²) >= 11 is 0. The summed E-state index contributed by atoms with van der Waals surface area (Å²) in [4.78, 5) is 0. The van der Waals surface area contributed by atoms with Crippen molar-refractivity contribution < 1.29 is 17.9 Å². The number of hydrogen-bond acceptors (Lipinski definition) is 5. The van der Waals surface area contributed by atoms with Crippen molar-refractivity contribution in [3.8, 4) is 17.9 Å². The molecule has 0 aliphatic heterocycles.